The molecule has 1 aliphatic heterocycles. The molecule has 1 fully saturated rings. The molecule has 29 heavy (non-hydrogen) atoms. The van der Waals surface area contributed by atoms with Crippen LogP contribution < -0.4 is 0 Å². The molecule has 0 aliphatic carbocycles. The Morgan fingerprint density at radius 1 is 1.31 bits per heavy atom. The highest BCUT2D eigenvalue weighted by Crippen LogP contribution is 2.36. The largest absolute Gasteiger partial charge is 0.330 e. The van der Waals surface area contributed by atoms with Crippen molar-refractivity contribution in [2.45, 2.75) is 38.8 Å². The minimum atomic E-state index is -3.28. The Balaban J connectivity index is 1.70. The summed E-state index contributed by atoms with van der Waals surface area (Å²) in [6.45, 7) is 6.31. The van der Waals surface area contributed by atoms with E-state index in [4.69, 9.17) is 0 Å². The summed E-state index contributed by atoms with van der Waals surface area (Å²) in [5.74, 6) is 0.0474. The van der Waals surface area contributed by atoms with Crippen molar-refractivity contribution in [3.63, 3.8) is 0 Å². The second-order valence-electron chi connectivity index (χ2n) is 7.68. The van der Waals surface area contributed by atoms with Crippen molar-refractivity contribution in [2.24, 2.45) is 0 Å². The molecule has 3 aromatic heterocycles. The molecular weight excluding hydrogens is 390 g/mol. The van der Waals surface area contributed by atoms with Gasteiger partial charge in [0.25, 0.3) is 0 Å². The van der Waals surface area contributed by atoms with Crippen LogP contribution in [0.5, 0.6) is 0 Å². The molecular formula is C19H23N7O2S. The smallest absolute Gasteiger partial charge is 0.213 e. The lowest BCUT2D eigenvalue weighted by Gasteiger charge is -2.47. The van der Waals surface area contributed by atoms with Gasteiger partial charge in [0, 0.05) is 42.5 Å². The van der Waals surface area contributed by atoms with E-state index in [1.54, 1.807) is 17.8 Å². The average Bonchev–Trinajstić information content (AvgIpc) is 3.31. The Morgan fingerprint density at radius 2 is 2.07 bits per heavy atom. The van der Waals surface area contributed by atoms with Gasteiger partial charge in [-0.1, -0.05) is 0 Å². The molecule has 0 N–H and O–H groups in total. The van der Waals surface area contributed by atoms with Crippen LogP contribution in [0.1, 0.15) is 33.2 Å². The fourth-order valence-corrected chi connectivity index (χ4v) is 5.04. The zero-order valence-electron chi connectivity index (χ0n) is 16.6. The summed E-state index contributed by atoms with van der Waals surface area (Å²) in [5, 5.41) is 14.7. The Bertz CT molecular complexity index is 1200. The quantitative estimate of drug-likeness (QED) is 0.612. The van der Waals surface area contributed by atoms with Crippen LogP contribution in [0, 0.1) is 11.3 Å². The maximum Gasteiger partial charge on any atom is 0.213 e. The molecule has 1 saturated heterocycles. The number of hydrogen-bond donors (Lipinski definition) is 0. The maximum absolute atomic E-state index is 12.1. The van der Waals surface area contributed by atoms with E-state index in [0.717, 1.165) is 22.3 Å². The predicted octanol–water partition coefficient (Wildman–Crippen LogP) is 2.15. The Morgan fingerprint density at radius 3 is 2.72 bits per heavy atom. The number of nitrogens with zero attached hydrogens (tertiary/aromatic N) is 7. The van der Waals surface area contributed by atoms with E-state index >= 15 is 0 Å². The van der Waals surface area contributed by atoms with E-state index in [-0.39, 0.29) is 31.3 Å². The highest BCUT2D eigenvalue weighted by molar-refractivity contribution is 7.89. The SMILES string of the molecule is CCS(=O)(=O)N1CC(CC#N)(n2cc(-c3ncnc4c3ccn4C(C)C)cn2)C1. The highest BCUT2D eigenvalue weighted by atomic mass is 32.2. The van der Waals surface area contributed by atoms with E-state index in [2.05, 4.69) is 39.6 Å². The standard InChI is InChI=1S/C19H23N7O2S/c1-4-29(27,28)24-11-19(12-24,6-7-20)26-10-15(9-23-26)17-16-5-8-25(14(2)3)18(16)22-13-21-17/h5,8-10,13-14H,4,6,11-12H2,1-3H3. The van der Waals surface area contributed by atoms with Gasteiger partial charge in [0.15, 0.2) is 0 Å². The molecule has 3 aromatic rings. The van der Waals surface area contributed by atoms with E-state index in [0.29, 0.717) is 0 Å². The highest BCUT2D eigenvalue weighted by Gasteiger charge is 2.49. The lowest BCUT2D eigenvalue weighted by Crippen LogP contribution is -2.64. The van der Waals surface area contributed by atoms with Gasteiger partial charge in [-0.15, -0.1) is 0 Å². The Labute approximate surface area is 169 Å². The molecule has 1 aliphatic rings. The molecule has 152 valence electrons. The molecule has 9 nitrogen and oxygen atoms in total. The van der Waals surface area contributed by atoms with Gasteiger partial charge in [-0.3, -0.25) is 4.68 Å². The van der Waals surface area contributed by atoms with E-state index in [1.165, 1.54) is 10.6 Å². The minimum Gasteiger partial charge on any atom is -0.330 e. The van der Waals surface area contributed by atoms with Gasteiger partial charge in [-0.25, -0.2) is 18.4 Å². The molecule has 0 spiro atoms. The van der Waals surface area contributed by atoms with Crippen molar-refractivity contribution in [3.05, 3.63) is 31.0 Å². The summed E-state index contributed by atoms with van der Waals surface area (Å²) in [5.41, 5.74) is 1.79. The molecule has 0 amide bonds. The molecule has 0 atom stereocenters. The summed E-state index contributed by atoms with van der Waals surface area (Å²) in [7, 11) is -3.28. The predicted molar refractivity (Wildman–Crippen MR) is 108 cm³/mol. The first-order valence-electron chi connectivity index (χ1n) is 9.53. The zero-order valence-corrected chi connectivity index (χ0v) is 17.5. The second-order valence-corrected chi connectivity index (χ2v) is 9.94. The van der Waals surface area contributed by atoms with Gasteiger partial charge < -0.3 is 4.57 Å². The van der Waals surface area contributed by atoms with E-state index < -0.39 is 15.6 Å². The summed E-state index contributed by atoms with van der Waals surface area (Å²) < 4.78 is 29.5. The minimum absolute atomic E-state index is 0.0474. The topological polar surface area (TPSA) is 110 Å². The van der Waals surface area contributed by atoms with Crippen molar-refractivity contribution >= 4 is 21.1 Å². The molecule has 0 radical (unpaired) electrons. The van der Waals surface area contributed by atoms with Gasteiger partial charge in [0.1, 0.15) is 17.5 Å². The van der Waals surface area contributed by atoms with Gasteiger partial charge in [0.05, 0.1) is 30.1 Å². The number of sulfonamides is 1. The Hall–Kier alpha value is -2.77. The third-order valence-electron chi connectivity index (χ3n) is 5.52. The van der Waals surface area contributed by atoms with Crippen LogP contribution in [-0.4, -0.2) is 55.9 Å². The first-order valence-corrected chi connectivity index (χ1v) is 11.1. The third kappa shape index (κ3) is 3.10. The first-order chi connectivity index (χ1) is 13.8. The summed E-state index contributed by atoms with van der Waals surface area (Å²) in [6.07, 6.45) is 7.28. The molecule has 0 unspecified atom stereocenters. The maximum atomic E-state index is 12.1. The lowest BCUT2D eigenvalue weighted by molar-refractivity contribution is 0.0719. The lowest BCUT2D eigenvalue weighted by atomic mass is 9.89. The summed E-state index contributed by atoms with van der Waals surface area (Å²) >= 11 is 0. The Kier molecular flexibility index (Phi) is 4.67. The molecule has 0 bridgehead atoms. The van der Waals surface area contributed by atoms with Crippen molar-refractivity contribution in [2.75, 3.05) is 18.8 Å². The van der Waals surface area contributed by atoms with Crippen LogP contribution in [0.4, 0.5) is 0 Å². The fraction of sp³-hybridized carbons (Fsp3) is 0.474. The molecule has 4 heterocycles. The summed E-state index contributed by atoms with van der Waals surface area (Å²) in [6, 6.07) is 4.45. The molecule has 0 aromatic carbocycles. The second kappa shape index (κ2) is 6.93. The van der Waals surface area contributed by atoms with Crippen LogP contribution in [0.3, 0.4) is 0 Å². The summed E-state index contributed by atoms with van der Waals surface area (Å²) in [4.78, 5) is 8.87. The zero-order chi connectivity index (χ0) is 20.8. The van der Waals surface area contributed by atoms with Crippen molar-refractivity contribution in [1.29, 1.82) is 5.26 Å². The number of nitriles is 1. The fourth-order valence-electron chi connectivity index (χ4n) is 3.80. The van der Waals surface area contributed by atoms with Crippen LogP contribution in [0.15, 0.2) is 31.0 Å². The number of hydrogen-bond acceptors (Lipinski definition) is 6. The van der Waals surface area contributed by atoms with E-state index in [9.17, 15) is 13.7 Å². The van der Waals surface area contributed by atoms with Crippen molar-refractivity contribution in [3.8, 4) is 17.3 Å². The van der Waals surface area contributed by atoms with Gasteiger partial charge in [0.2, 0.25) is 10.0 Å². The van der Waals surface area contributed by atoms with Crippen molar-refractivity contribution in [1.82, 2.24) is 28.6 Å². The number of fused-ring (bicyclic) bond motifs is 1. The number of rotatable bonds is 6. The van der Waals surface area contributed by atoms with Gasteiger partial charge in [-0.2, -0.15) is 14.7 Å². The van der Waals surface area contributed by atoms with E-state index in [1.807, 2.05) is 18.5 Å². The van der Waals surface area contributed by atoms with Gasteiger partial charge >= 0.3 is 0 Å². The first kappa shape index (κ1) is 19.5. The number of aromatic nitrogens is 5. The third-order valence-corrected chi connectivity index (χ3v) is 7.29. The van der Waals surface area contributed by atoms with Crippen LogP contribution in [0.25, 0.3) is 22.3 Å². The van der Waals surface area contributed by atoms with Crippen LogP contribution in [0.2, 0.25) is 0 Å². The molecule has 4 rings (SSSR count). The van der Waals surface area contributed by atoms with Crippen molar-refractivity contribution < 1.29 is 8.42 Å². The van der Waals surface area contributed by atoms with Gasteiger partial charge in [-0.05, 0) is 26.8 Å². The monoisotopic (exact) mass is 413 g/mol. The van der Waals surface area contributed by atoms with Crippen LogP contribution >= 0.6 is 0 Å². The molecule has 10 heteroatoms. The normalized spacial score (nSPS) is 16.8. The average molecular weight is 414 g/mol. The van der Waals surface area contributed by atoms with Crippen LogP contribution in [-0.2, 0) is 15.6 Å². The molecule has 0 saturated carbocycles.